The number of piperidine rings is 2. The van der Waals surface area contributed by atoms with Gasteiger partial charge >= 0.3 is 5.97 Å². The van der Waals surface area contributed by atoms with Crippen LogP contribution in [0, 0.1) is 11.7 Å². The summed E-state index contributed by atoms with van der Waals surface area (Å²) in [5, 5.41) is 4.72. The maximum atomic E-state index is 14.9. The van der Waals surface area contributed by atoms with Gasteiger partial charge in [0, 0.05) is 63.6 Å². The van der Waals surface area contributed by atoms with Gasteiger partial charge in [-0.2, -0.15) is 0 Å². The van der Waals surface area contributed by atoms with Gasteiger partial charge in [0.25, 0.3) is 5.91 Å². The number of nitrogens with zero attached hydrogens (tertiary/aromatic N) is 3. The third-order valence-electron chi connectivity index (χ3n) is 8.48. The van der Waals surface area contributed by atoms with Crippen LogP contribution in [0.2, 0.25) is 0 Å². The Kier molecular flexibility index (Phi) is 9.53. The molecule has 1 atom stereocenters. The number of benzene rings is 2. The van der Waals surface area contributed by atoms with Crippen molar-refractivity contribution in [3.63, 3.8) is 0 Å². The molecule has 0 radical (unpaired) electrons. The SMILES string of the molecule is CC(C)(C)OC(=O)c1ccc(N2CCC(CN3CCN(c4ccc(C(=O)N[C@H]5CCC(=O)NC5=O)c(F)c4)CC3)CC2)cc1. The van der Waals surface area contributed by atoms with Gasteiger partial charge in [0.2, 0.25) is 11.8 Å². The Balaban J connectivity index is 1.05. The molecule has 2 N–H and O–H groups in total. The number of imide groups is 1. The fourth-order valence-electron chi connectivity index (χ4n) is 6.03. The van der Waals surface area contributed by atoms with Crippen LogP contribution in [0.5, 0.6) is 0 Å². The number of carbonyl (C=O) groups excluding carboxylic acids is 4. The van der Waals surface area contributed by atoms with Gasteiger partial charge in [-0.3, -0.25) is 24.6 Å². The second-order valence-corrected chi connectivity index (χ2v) is 12.9. The highest BCUT2D eigenvalue weighted by Crippen LogP contribution is 2.26. The van der Waals surface area contributed by atoms with E-state index < -0.39 is 29.3 Å². The molecule has 3 aliphatic heterocycles. The molecule has 0 spiro atoms. The number of halogens is 1. The second-order valence-electron chi connectivity index (χ2n) is 12.9. The molecule has 2 aromatic rings. The number of anilines is 2. The van der Waals surface area contributed by atoms with Crippen LogP contribution >= 0.6 is 0 Å². The number of hydrogen-bond donors (Lipinski definition) is 2. The summed E-state index contributed by atoms with van der Waals surface area (Å²) in [6.07, 6.45) is 2.53. The number of amides is 3. The first-order chi connectivity index (χ1) is 20.9. The molecule has 0 unspecified atom stereocenters. The predicted octanol–water partition coefficient (Wildman–Crippen LogP) is 3.35. The van der Waals surface area contributed by atoms with Crippen molar-refractivity contribution in [2.45, 2.75) is 58.1 Å². The summed E-state index contributed by atoms with van der Waals surface area (Å²) in [6, 6.07) is 11.4. The zero-order valence-corrected chi connectivity index (χ0v) is 25.7. The summed E-state index contributed by atoms with van der Waals surface area (Å²) in [7, 11) is 0. The molecule has 3 amide bonds. The Morgan fingerprint density at radius 1 is 0.909 bits per heavy atom. The third kappa shape index (κ3) is 7.93. The summed E-state index contributed by atoms with van der Waals surface area (Å²) in [5.74, 6) is -1.94. The third-order valence-corrected chi connectivity index (χ3v) is 8.48. The van der Waals surface area contributed by atoms with Crippen molar-refractivity contribution in [3.8, 4) is 0 Å². The minimum atomic E-state index is -0.850. The number of carbonyl (C=O) groups is 4. The minimum Gasteiger partial charge on any atom is -0.456 e. The zero-order chi connectivity index (χ0) is 31.4. The van der Waals surface area contributed by atoms with Crippen LogP contribution in [0.25, 0.3) is 0 Å². The molecule has 3 saturated heterocycles. The average Bonchev–Trinajstić information content (AvgIpc) is 2.98. The summed E-state index contributed by atoms with van der Waals surface area (Å²) in [4.78, 5) is 55.2. The number of hydrogen-bond acceptors (Lipinski definition) is 8. The van der Waals surface area contributed by atoms with Crippen LogP contribution in [0.15, 0.2) is 42.5 Å². The highest BCUT2D eigenvalue weighted by atomic mass is 19.1. The van der Waals surface area contributed by atoms with Crippen LogP contribution in [0.4, 0.5) is 15.8 Å². The minimum absolute atomic E-state index is 0.123. The Labute approximate surface area is 257 Å². The van der Waals surface area contributed by atoms with Crippen LogP contribution in [-0.2, 0) is 14.3 Å². The van der Waals surface area contributed by atoms with E-state index in [0.29, 0.717) is 11.5 Å². The van der Waals surface area contributed by atoms with Crippen LogP contribution < -0.4 is 20.4 Å². The highest BCUT2D eigenvalue weighted by Gasteiger charge is 2.29. The van der Waals surface area contributed by atoms with Crippen molar-refractivity contribution >= 4 is 35.1 Å². The van der Waals surface area contributed by atoms with Crippen molar-refractivity contribution in [2.24, 2.45) is 5.92 Å². The van der Waals surface area contributed by atoms with Crippen molar-refractivity contribution < 1.29 is 28.3 Å². The van der Waals surface area contributed by atoms with Gasteiger partial charge in [-0.05, 0) is 88.4 Å². The molecule has 3 fully saturated rings. The Bertz CT molecular complexity index is 1380. The van der Waals surface area contributed by atoms with Gasteiger partial charge < -0.3 is 19.9 Å². The molecule has 5 rings (SSSR count). The average molecular weight is 608 g/mol. The first-order valence-electron chi connectivity index (χ1n) is 15.4. The largest absolute Gasteiger partial charge is 0.456 e. The summed E-state index contributed by atoms with van der Waals surface area (Å²) >= 11 is 0. The van der Waals surface area contributed by atoms with E-state index in [-0.39, 0.29) is 30.3 Å². The molecule has 0 bridgehead atoms. The van der Waals surface area contributed by atoms with Crippen molar-refractivity contribution in [1.29, 1.82) is 0 Å². The molecule has 0 aromatic heterocycles. The van der Waals surface area contributed by atoms with Crippen molar-refractivity contribution in [3.05, 3.63) is 59.4 Å². The van der Waals surface area contributed by atoms with Crippen LogP contribution in [0.1, 0.15) is 67.2 Å². The topological polar surface area (TPSA) is 111 Å². The fourth-order valence-corrected chi connectivity index (χ4v) is 6.03. The zero-order valence-electron chi connectivity index (χ0n) is 25.7. The van der Waals surface area contributed by atoms with E-state index in [1.165, 1.54) is 12.1 Å². The number of rotatable bonds is 7. The van der Waals surface area contributed by atoms with Gasteiger partial charge in [-0.15, -0.1) is 0 Å². The van der Waals surface area contributed by atoms with Crippen LogP contribution in [0.3, 0.4) is 0 Å². The molecule has 2 aromatic carbocycles. The molecule has 0 saturated carbocycles. The molecular formula is C33H42FN5O5. The normalized spacial score (nSPS) is 20.3. The standard InChI is InChI=1S/C33H42FN5O5/c1-33(2,3)44-32(43)23-4-6-24(7-5-23)38-14-12-22(13-15-38)21-37-16-18-39(19-17-37)25-8-9-26(27(34)20-25)30(41)35-28-10-11-29(40)36-31(28)42/h4-9,20,22,28H,10-19,21H2,1-3H3,(H,35,41)(H,36,40,42)/t28-/m0/s1. The van der Waals surface area contributed by atoms with Gasteiger partial charge in [0.1, 0.15) is 17.5 Å². The van der Waals surface area contributed by atoms with E-state index in [9.17, 15) is 23.6 Å². The van der Waals surface area contributed by atoms with Crippen molar-refractivity contribution in [2.75, 3.05) is 55.6 Å². The van der Waals surface area contributed by atoms with Crippen LogP contribution in [-0.4, -0.2) is 86.0 Å². The molecule has 0 aliphatic carbocycles. The molecule has 3 aliphatic rings. The predicted molar refractivity (Wildman–Crippen MR) is 165 cm³/mol. The maximum absolute atomic E-state index is 14.9. The van der Waals surface area contributed by atoms with E-state index in [4.69, 9.17) is 4.74 Å². The number of ether oxygens (including phenoxy) is 1. The first kappa shape index (κ1) is 31.4. The number of piperazine rings is 1. The Morgan fingerprint density at radius 2 is 1.55 bits per heavy atom. The lowest BCUT2D eigenvalue weighted by Gasteiger charge is -2.40. The maximum Gasteiger partial charge on any atom is 0.338 e. The molecule has 236 valence electrons. The number of nitrogens with one attached hydrogen (secondary N) is 2. The summed E-state index contributed by atoms with van der Waals surface area (Å²) < 4.78 is 20.4. The lowest BCUT2D eigenvalue weighted by atomic mass is 9.95. The monoisotopic (exact) mass is 607 g/mol. The van der Waals surface area contributed by atoms with E-state index >= 15 is 0 Å². The summed E-state index contributed by atoms with van der Waals surface area (Å²) in [6.45, 7) is 11.9. The molecule has 3 heterocycles. The lowest BCUT2D eigenvalue weighted by molar-refractivity contribution is -0.134. The van der Waals surface area contributed by atoms with E-state index in [1.54, 1.807) is 6.07 Å². The second kappa shape index (κ2) is 13.3. The number of esters is 1. The molecule has 10 nitrogen and oxygen atoms in total. The van der Waals surface area contributed by atoms with Gasteiger partial charge in [0.05, 0.1) is 11.1 Å². The van der Waals surface area contributed by atoms with E-state index in [2.05, 4.69) is 25.3 Å². The van der Waals surface area contributed by atoms with Gasteiger partial charge in [0.15, 0.2) is 0 Å². The smallest absolute Gasteiger partial charge is 0.338 e. The Morgan fingerprint density at radius 3 is 2.16 bits per heavy atom. The Hall–Kier alpha value is -3.99. The van der Waals surface area contributed by atoms with Gasteiger partial charge in [-0.25, -0.2) is 9.18 Å². The quantitative estimate of drug-likeness (QED) is 0.364. The molecular weight excluding hydrogens is 565 g/mol. The van der Waals surface area contributed by atoms with E-state index in [0.717, 1.165) is 70.0 Å². The van der Waals surface area contributed by atoms with Gasteiger partial charge in [-0.1, -0.05) is 0 Å². The lowest BCUT2D eigenvalue weighted by Crippen LogP contribution is -2.52. The highest BCUT2D eigenvalue weighted by molar-refractivity contribution is 6.04. The first-order valence-corrected chi connectivity index (χ1v) is 15.4. The van der Waals surface area contributed by atoms with E-state index in [1.807, 2.05) is 45.0 Å². The summed E-state index contributed by atoms with van der Waals surface area (Å²) in [5.41, 5.74) is 1.77. The van der Waals surface area contributed by atoms with Crippen molar-refractivity contribution in [1.82, 2.24) is 15.5 Å². The molecule has 11 heteroatoms. The fraction of sp³-hybridized carbons (Fsp3) is 0.515. The molecule has 44 heavy (non-hydrogen) atoms.